The van der Waals surface area contributed by atoms with Crippen molar-refractivity contribution in [3.05, 3.63) is 35.4 Å². The molecule has 0 saturated heterocycles. The van der Waals surface area contributed by atoms with E-state index >= 15 is 0 Å². The van der Waals surface area contributed by atoms with E-state index < -0.39 is 0 Å². The maximum Gasteiger partial charge on any atom is 0.309 e. The molecule has 0 bridgehead atoms. The van der Waals surface area contributed by atoms with E-state index in [0.717, 1.165) is 12.8 Å². The first-order chi connectivity index (χ1) is 8.81. The fourth-order valence-electron chi connectivity index (χ4n) is 2.25. The van der Waals surface area contributed by atoms with Crippen molar-refractivity contribution < 1.29 is 9.53 Å². The van der Waals surface area contributed by atoms with E-state index in [1.807, 2.05) is 6.92 Å². The third-order valence-corrected chi connectivity index (χ3v) is 3.08. The molecule has 0 N–H and O–H groups in total. The van der Waals surface area contributed by atoms with Gasteiger partial charge in [-0.2, -0.15) is 0 Å². The Morgan fingerprint density at radius 2 is 1.79 bits per heavy atom. The molecule has 0 aromatic heterocycles. The van der Waals surface area contributed by atoms with Crippen LogP contribution < -0.4 is 0 Å². The first kappa shape index (κ1) is 15.7. The summed E-state index contributed by atoms with van der Waals surface area (Å²) < 4.78 is 5.21. The average molecular weight is 262 g/mol. The van der Waals surface area contributed by atoms with Crippen LogP contribution in [-0.4, -0.2) is 12.6 Å². The van der Waals surface area contributed by atoms with Crippen LogP contribution in [-0.2, 0) is 16.0 Å². The molecule has 0 aliphatic heterocycles. The minimum absolute atomic E-state index is 0.0531. The molecule has 1 atom stereocenters. The Kier molecular flexibility index (Phi) is 5.59. The van der Waals surface area contributed by atoms with E-state index in [-0.39, 0.29) is 17.3 Å². The van der Waals surface area contributed by atoms with Gasteiger partial charge in [-0.15, -0.1) is 0 Å². The Morgan fingerprint density at radius 3 is 2.26 bits per heavy atom. The lowest BCUT2D eigenvalue weighted by Crippen LogP contribution is -2.25. The fraction of sp³-hybridized carbons (Fsp3) is 0.588. The molecule has 1 rings (SSSR count). The highest BCUT2D eigenvalue weighted by molar-refractivity contribution is 5.72. The number of hydrogen-bond acceptors (Lipinski definition) is 2. The highest BCUT2D eigenvalue weighted by atomic mass is 16.5. The molecule has 0 aliphatic carbocycles. The zero-order chi connectivity index (χ0) is 14.5. The number of carbonyl (C=O) groups excluding carboxylic acids is 1. The van der Waals surface area contributed by atoms with Crippen LogP contribution >= 0.6 is 0 Å². The van der Waals surface area contributed by atoms with Crippen molar-refractivity contribution in [3.63, 3.8) is 0 Å². The lowest BCUT2D eigenvalue weighted by atomic mass is 9.82. The average Bonchev–Trinajstić information content (AvgIpc) is 2.30. The van der Waals surface area contributed by atoms with Gasteiger partial charge in [0.25, 0.3) is 0 Å². The van der Waals surface area contributed by atoms with Crippen LogP contribution in [0.4, 0.5) is 0 Å². The molecule has 0 spiro atoms. The maximum absolute atomic E-state index is 12.1. The number of rotatable bonds is 5. The lowest BCUT2D eigenvalue weighted by molar-refractivity contribution is -0.149. The molecule has 2 nitrogen and oxygen atoms in total. The largest absolute Gasteiger partial charge is 0.466 e. The summed E-state index contributed by atoms with van der Waals surface area (Å²) in [5.41, 5.74) is 2.57. The van der Waals surface area contributed by atoms with Gasteiger partial charge in [0.1, 0.15) is 0 Å². The van der Waals surface area contributed by atoms with Gasteiger partial charge in [0.15, 0.2) is 0 Å². The molecule has 0 aliphatic rings. The van der Waals surface area contributed by atoms with Crippen molar-refractivity contribution in [3.8, 4) is 0 Å². The molecule has 0 amide bonds. The van der Waals surface area contributed by atoms with Crippen molar-refractivity contribution in [2.75, 3.05) is 6.61 Å². The van der Waals surface area contributed by atoms with Crippen LogP contribution in [0, 0.1) is 18.3 Å². The monoisotopic (exact) mass is 262 g/mol. The van der Waals surface area contributed by atoms with Gasteiger partial charge < -0.3 is 4.74 Å². The van der Waals surface area contributed by atoms with Gasteiger partial charge in [-0.05, 0) is 37.7 Å². The van der Waals surface area contributed by atoms with Gasteiger partial charge in [-0.25, -0.2) is 0 Å². The van der Waals surface area contributed by atoms with Crippen LogP contribution in [0.25, 0.3) is 0 Å². The quantitative estimate of drug-likeness (QED) is 0.745. The third-order valence-electron chi connectivity index (χ3n) is 3.08. The van der Waals surface area contributed by atoms with Gasteiger partial charge >= 0.3 is 5.97 Å². The van der Waals surface area contributed by atoms with E-state index in [1.54, 1.807) is 0 Å². The second-order valence-corrected chi connectivity index (χ2v) is 6.40. The Balaban J connectivity index is 2.78. The van der Waals surface area contributed by atoms with Crippen molar-refractivity contribution in [1.29, 1.82) is 0 Å². The summed E-state index contributed by atoms with van der Waals surface area (Å²) in [7, 11) is 0. The van der Waals surface area contributed by atoms with E-state index in [0.29, 0.717) is 6.61 Å². The molecular weight excluding hydrogens is 236 g/mol. The van der Waals surface area contributed by atoms with Crippen LogP contribution in [0.1, 0.15) is 45.2 Å². The zero-order valence-corrected chi connectivity index (χ0v) is 12.8. The zero-order valence-electron chi connectivity index (χ0n) is 12.8. The number of esters is 1. The SMILES string of the molecule is CCOC(=O)[C@H](Cc1ccc(C)cc1)CC(C)(C)C. The predicted octanol–water partition coefficient (Wildman–Crippen LogP) is 4.15. The number of benzene rings is 1. The van der Waals surface area contributed by atoms with E-state index in [1.165, 1.54) is 11.1 Å². The molecule has 19 heavy (non-hydrogen) atoms. The molecule has 106 valence electrons. The van der Waals surface area contributed by atoms with Crippen molar-refractivity contribution in [2.45, 2.75) is 47.5 Å². The summed E-state index contributed by atoms with van der Waals surface area (Å²) in [6.07, 6.45) is 1.61. The number of carbonyl (C=O) groups is 1. The lowest BCUT2D eigenvalue weighted by Gasteiger charge is -2.24. The number of hydrogen-bond donors (Lipinski definition) is 0. The second-order valence-electron chi connectivity index (χ2n) is 6.40. The van der Waals surface area contributed by atoms with Crippen molar-refractivity contribution in [1.82, 2.24) is 0 Å². The standard InChI is InChI=1S/C17H26O2/c1-6-19-16(18)15(12-17(3,4)5)11-14-9-7-13(2)8-10-14/h7-10,15H,6,11-12H2,1-5H3/t15-/m1/s1. The highest BCUT2D eigenvalue weighted by Gasteiger charge is 2.26. The van der Waals surface area contributed by atoms with Gasteiger partial charge in [-0.3, -0.25) is 4.79 Å². The Morgan fingerprint density at radius 1 is 1.21 bits per heavy atom. The summed E-state index contributed by atoms with van der Waals surface area (Å²) in [6.45, 7) is 10.9. The molecule has 0 radical (unpaired) electrons. The molecule has 0 fully saturated rings. The van der Waals surface area contributed by atoms with Crippen LogP contribution in [0.3, 0.4) is 0 Å². The molecule has 2 heteroatoms. The van der Waals surface area contributed by atoms with Gasteiger partial charge in [-0.1, -0.05) is 50.6 Å². The molecule has 0 saturated carbocycles. The van der Waals surface area contributed by atoms with Gasteiger partial charge in [0.2, 0.25) is 0 Å². The first-order valence-electron chi connectivity index (χ1n) is 7.04. The van der Waals surface area contributed by atoms with Crippen LogP contribution in [0.15, 0.2) is 24.3 Å². The van der Waals surface area contributed by atoms with E-state index in [9.17, 15) is 4.79 Å². The smallest absolute Gasteiger partial charge is 0.309 e. The summed E-state index contributed by atoms with van der Waals surface area (Å²) in [6, 6.07) is 8.39. The third kappa shape index (κ3) is 5.91. The topological polar surface area (TPSA) is 26.3 Å². The van der Waals surface area contributed by atoms with Crippen LogP contribution in [0.2, 0.25) is 0 Å². The van der Waals surface area contributed by atoms with Crippen molar-refractivity contribution >= 4 is 5.97 Å². The Hall–Kier alpha value is -1.31. The molecule has 1 aromatic rings. The van der Waals surface area contributed by atoms with Gasteiger partial charge in [0.05, 0.1) is 12.5 Å². The number of aryl methyl sites for hydroxylation is 1. The Labute approximate surface area is 117 Å². The molecule has 0 heterocycles. The molecule has 1 aromatic carbocycles. The second kappa shape index (κ2) is 6.74. The minimum atomic E-state index is -0.0713. The summed E-state index contributed by atoms with van der Waals surface area (Å²) in [5, 5.41) is 0. The summed E-state index contributed by atoms with van der Waals surface area (Å²) >= 11 is 0. The van der Waals surface area contributed by atoms with E-state index in [2.05, 4.69) is 52.0 Å². The van der Waals surface area contributed by atoms with Crippen LogP contribution in [0.5, 0.6) is 0 Å². The highest BCUT2D eigenvalue weighted by Crippen LogP contribution is 2.27. The first-order valence-corrected chi connectivity index (χ1v) is 7.04. The van der Waals surface area contributed by atoms with Crippen molar-refractivity contribution in [2.24, 2.45) is 11.3 Å². The van der Waals surface area contributed by atoms with E-state index in [4.69, 9.17) is 4.74 Å². The molecule has 0 unspecified atom stereocenters. The predicted molar refractivity (Wildman–Crippen MR) is 79.1 cm³/mol. The summed E-state index contributed by atoms with van der Waals surface area (Å²) in [5.74, 6) is -0.124. The summed E-state index contributed by atoms with van der Waals surface area (Å²) in [4.78, 5) is 12.1. The Bertz CT molecular complexity index is 398. The number of ether oxygens (including phenoxy) is 1. The fourth-order valence-corrected chi connectivity index (χ4v) is 2.25. The van der Waals surface area contributed by atoms with Gasteiger partial charge in [0, 0.05) is 0 Å². The minimum Gasteiger partial charge on any atom is -0.466 e. The molecular formula is C17H26O2. The normalized spacial score (nSPS) is 13.1. The maximum atomic E-state index is 12.1.